The maximum Gasteiger partial charge on any atom is 0.116 e. The summed E-state index contributed by atoms with van der Waals surface area (Å²) in [4.78, 5) is 0. The van der Waals surface area contributed by atoms with Crippen molar-refractivity contribution in [2.75, 3.05) is 5.75 Å². The van der Waals surface area contributed by atoms with E-state index in [0.717, 1.165) is 0 Å². The van der Waals surface area contributed by atoms with E-state index >= 15 is 0 Å². The van der Waals surface area contributed by atoms with Crippen LogP contribution in [0.3, 0.4) is 0 Å². The Balaban J connectivity index is 3.87. The van der Waals surface area contributed by atoms with E-state index in [0.29, 0.717) is 5.04 Å². The van der Waals surface area contributed by atoms with Crippen LogP contribution in [0.1, 0.15) is 27.2 Å². The molecule has 0 heterocycles. The van der Waals surface area contributed by atoms with Gasteiger partial charge in [0.15, 0.2) is 0 Å². The average molecular weight is 263 g/mol. The molecule has 0 aromatic heterocycles. The quantitative estimate of drug-likeness (QED) is 0.469. The highest BCUT2D eigenvalue weighted by Gasteiger charge is 2.35. The van der Waals surface area contributed by atoms with Gasteiger partial charge in [0, 0.05) is 8.07 Å². The van der Waals surface area contributed by atoms with Crippen LogP contribution in [0.15, 0.2) is 0 Å². The standard InChI is InChI=1S/C12H30SSi2/c1-12(2,3)15(7,8)13-10-9-11-14(4,5)6/h9-11H2,1-8H3. The highest BCUT2D eigenvalue weighted by atomic mass is 32.4. The first kappa shape index (κ1) is 15.8. The second-order valence-electron chi connectivity index (χ2n) is 7.27. The summed E-state index contributed by atoms with van der Waals surface area (Å²) in [6.45, 7) is 19.7. The van der Waals surface area contributed by atoms with Crippen LogP contribution in [0.4, 0.5) is 0 Å². The molecule has 0 spiro atoms. The highest BCUT2D eigenvalue weighted by Crippen LogP contribution is 2.43. The molecule has 0 saturated heterocycles. The van der Waals surface area contributed by atoms with Gasteiger partial charge in [0.2, 0.25) is 0 Å². The molecule has 0 amide bonds. The first-order chi connectivity index (χ1) is 6.46. The topological polar surface area (TPSA) is 0 Å². The van der Waals surface area contributed by atoms with Crippen molar-refractivity contribution in [3.05, 3.63) is 0 Å². The van der Waals surface area contributed by atoms with Crippen molar-refractivity contribution in [1.29, 1.82) is 0 Å². The molecule has 0 N–H and O–H groups in total. The first-order valence-electron chi connectivity index (χ1n) is 6.10. The molecular weight excluding hydrogens is 232 g/mol. The molecule has 0 bridgehead atoms. The molecule has 3 heteroatoms. The van der Waals surface area contributed by atoms with Crippen LogP contribution in [0.2, 0.25) is 43.8 Å². The Bertz CT molecular complexity index is 187. The fraction of sp³-hybridized carbons (Fsp3) is 1.00. The lowest BCUT2D eigenvalue weighted by Gasteiger charge is -2.36. The molecule has 0 atom stereocenters. The second kappa shape index (κ2) is 5.41. The van der Waals surface area contributed by atoms with E-state index in [1.54, 1.807) is 0 Å². The van der Waals surface area contributed by atoms with Crippen molar-refractivity contribution in [1.82, 2.24) is 0 Å². The van der Waals surface area contributed by atoms with Crippen molar-refractivity contribution in [3.8, 4) is 0 Å². The Morgan fingerprint density at radius 3 is 1.73 bits per heavy atom. The van der Waals surface area contributed by atoms with Crippen LogP contribution < -0.4 is 0 Å². The van der Waals surface area contributed by atoms with E-state index in [-0.39, 0.29) is 0 Å². The molecule has 0 saturated carbocycles. The fourth-order valence-electron chi connectivity index (χ4n) is 1.15. The summed E-state index contributed by atoms with van der Waals surface area (Å²) in [6.07, 6.45) is 1.44. The summed E-state index contributed by atoms with van der Waals surface area (Å²) in [7, 11) is -1.87. The van der Waals surface area contributed by atoms with Gasteiger partial charge in [-0.25, -0.2) is 0 Å². The predicted molar refractivity (Wildman–Crippen MR) is 82.4 cm³/mol. The Morgan fingerprint density at radius 1 is 0.933 bits per heavy atom. The van der Waals surface area contributed by atoms with Gasteiger partial charge in [-0.1, -0.05) is 59.6 Å². The molecule has 0 aliphatic rings. The van der Waals surface area contributed by atoms with Crippen molar-refractivity contribution >= 4 is 26.5 Å². The van der Waals surface area contributed by atoms with Gasteiger partial charge < -0.3 is 0 Å². The Kier molecular flexibility index (Phi) is 5.69. The maximum absolute atomic E-state index is 2.52. The Hall–Kier alpha value is 0.784. The van der Waals surface area contributed by atoms with Gasteiger partial charge in [-0.2, -0.15) is 11.2 Å². The van der Waals surface area contributed by atoms with E-state index in [1.807, 2.05) is 0 Å². The lowest BCUT2D eigenvalue weighted by atomic mass is 10.2. The zero-order valence-electron chi connectivity index (χ0n) is 12.0. The molecular formula is C12H30SSi2. The van der Waals surface area contributed by atoms with E-state index < -0.39 is 15.3 Å². The van der Waals surface area contributed by atoms with Gasteiger partial charge in [-0.15, -0.1) is 0 Å². The normalized spacial score (nSPS) is 14.4. The van der Waals surface area contributed by atoms with Gasteiger partial charge in [-0.05, 0) is 17.2 Å². The maximum atomic E-state index is 2.52. The van der Waals surface area contributed by atoms with Gasteiger partial charge >= 0.3 is 0 Å². The third-order valence-corrected chi connectivity index (χ3v) is 14.6. The van der Waals surface area contributed by atoms with Gasteiger partial charge in [0.1, 0.15) is 7.22 Å². The number of rotatable bonds is 5. The van der Waals surface area contributed by atoms with Crippen LogP contribution in [0.5, 0.6) is 0 Å². The van der Waals surface area contributed by atoms with Gasteiger partial charge in [-0.3, -0.25) is 0 Å². The third-order valence-electron chi connectivity index (χ3n) is 3.34. The molecule has 0 aromatic rings. The molecule has 0 nitrogen and oxygen atoms in total. The minimum absolute atomic E-state index is 0.539. The average Bonchev–Trinajstić information content (AvgIpc) is 1.94. The number of hydrogen-bond donors (Lipinski definition) is 0. The SMILES string of the molecule is CC(C)(C)[Si](C)(C)SCCC[Si](C)(C)C. The molecule has 0 aromatic carbocycles. The molecule has 15 heavy (non-hydrogen) atoms. The second-order valence-corrected chi connectivity index (χ2v) is 22.0. The summed E-state index contributed by atoms with van der Waals surface area (Å²) < 4.78 is 0. The predicted octanol–water partition coefficient (Wildman–Crippen LogP) is 5.45. The van der Waals surface area contributed by atoms with Crippen molar-refractivity contribution in [2.24, 2.45) is 0 Å². The summed E-state index contributed by atoms with van der Waals surface area (Å²) >= 11 is 2.29. The van der Waals surface area contributed by atoms with Crippen LogP contribution in [0.25, 0.3) is 0 Å². The largest absolute Gasteiger partial charge is 0.185 e. The highest BCUT2D eigenvalue weighted by molar-refractivity contribution is 8.29. The van der Waals surface area contributed by atoms with Crippen molar-refractivity contribution in [3.63, 3.8) is 0 Å². The van der Waals surface area contributed by atoms with E-state index in [4.69, 9.17) is 0 Å². The monoisotopic (exact) mass is 262 g/mol. The summed E-state index contributed by atoms with van der Waals surface area (Å²) in [5.41, 5.74) is 0. The minimum Gasteiger partial charge on any atom is -0.185 e. The van der Waals surface area contributed by atoms with Crippen molar-refractivity contribution in [2.45, 2.75) is 71.0 Å². The third kappa shape index (κ3) is 6.85. The van der Waals surface area contributed by atoms with E-state index in [9.17, 15) is 0 Å². The van der Waals surface area contributed by atoms with E-state index in [2.05, 4.69) is 64.7 Å². The molecule has 0 unspecified atom stereocenters. The van der Waals surface area contributed by atoms with Crippen LogP contribution >= 0.6 is 11.2 Å². The molecule has 0 rings (SSSR count). The number of hydrogen-bond acceptors (Lipinski definition) is 1. The molecule has 0 radical (unpaired) electrons. The van der Waals surface area contributed by atoms with Crippen LogP contribution in [-0.2, 0) is 0 Å². The Morgan fingerprint density at radius 2 is 1.40 bits per heavy atom. The summed E-state index contributed by atoms with van der Waals surface area (Å²) in [6, 6.07) is 1.49. The molecule has 0 aliphatic heterocycles. The zero-order chi connectivity index (χ0) is 12.3. The molecule has 0 aliphatic carbocycles. The Labute approximate surface area is 103 Å². The summed E-state index contributed by atoms with van der Waals surface area (Å²) in [5.74, 6) is 1.39. The lowest BCUT2D eigenvalue weighted by Crippen LogP contribution is -2.34. The first-order valence-corrected chi connectivity index (χ1v) is 14.5. The lowest BCUT2D eigenvalue weighted by molar-refractivity contribution is 0.736. The summed E-state index contributed by atoms with van der Waals surface area (Å²) in [5, 5.41) is 0.539. The van der Waals surface area contributed by atoms with Crippen LogP contribution in [0, 0.1) is 0 Å². The molecule has 0 fully saturated rings. The van der Waals surface area contributed by atoms with E-state index in [1.165, 1.54) is 18.2 Å². The van der Waals surface area contributed by atoms with Gasteiger partial charge in [0.05, 0.1) is 0 Å². The smallest absolute Gasteiger partial charge is 0.116 e. The zero-order valence-corrected chi connectivity index (χ0v) is 14.8. The van der Waals surface area contributed by atoms with Gasteiger partial charge in [0.25, 0.3) is 0 Å². The van der Waals surface area contributed by atoms with Crippen LogP contribution in [-0.4, -0.2) is 21.1 Å². The molecule has 92 valence electrons. The van der Waals surface area contributed by atoms with Crippen molar-refractivity contribution < 1.29 is 0 Å². The minimum atomic E-state index is -1.07. The fourth-order valence-corrected chi connectivity index (χ4v) is 7.13.